The number of carbonyl (C=O) groups is 1. The zero-order chi connectivity index (χ0) is 23.0. The van der Waals surface area contributed by atoms with Crippen LogP contribution >= 0.6 is 0 Å². The fourth-order valence-electron chi connectivity index (χ4n) is 3.36. The number of fused-ring (bicyclic) bond motifs is 1. The first-order valence-electron chi connectivity index (χ1n) is 9.56. The zero-order valence-corrected chi connectivity index (χ0v) is 17.2. The number of carbonyl (C=O) groups excluding carboxylic acids is 1. The average Bonchev–Trinajstić information content (AvgIpc) is 3.13. The van der Waals surface area contributed by atoms with Gasteiger partial charge in [-0.1, -0.05) is 6.07 Å². The molecule has 1 aromatic carbocycles. The maximum Gasteiger partial charge on any atom is 0.252 e. The van der Waals surface area contributed by atoms with E-state index in [0.717, 1.165) is 11.1 Å². The van der Waals surface area contributed by atoms with Gasteiger partial charge in [-0.25, -0.2) is 19.5 Å². The van der Waals surface area contributed by atoms with E-state index < -0.39 is 11.9 Å². The molecule has 0 aliphatic heterocycles. The highest BCUT2D eigenvalue weighted by atomic mass is 16.3. The van der Waals surface area contributed by atoms with Gasteiger partial charge >= 0.3 is 0 Å². The van der Waals surface area contributed by atoms with E-state index in [-0.39, 0.29) is 28.5 Å². The summed E-state index contributed by atoms with van der Waals surface area (Å²) in [6.07, 6.45) is 3.06. The lowest BCUT2D eigenvalue weighted by molar-refractivity contribution is 0.0998. The van der Waals surface area contributed by atoms with E-state index in [4.69, 9.17) is 16.5 Å². The molecule has 0 spiro atoms. The summed E-state index contributed by atoms with van der Waals surface area (Å²) >= 11 is 0. The van der Waals surface area contributed by atoms with Crippen LogP contribution in [0.2, 0.25) is 0 Å². The van der Waals surface area contributed by atoms with Crippen molar-refractivity contribution >= 4 is 23.1 Å². The van der Waals surface area contributed by atoms with Crippen molar-refractivity contribution in [1.29, 1.82) is 5.26 Å². The lowest BCUT2D eigenvalue weighted by Gasteiger charge is -2.16. The van der Waals surface area contributed by atoms with E-state index in [0.29, 0.717) is 17.1 Å². The van der Waals surface area contributed by atoms with E-state index >= 15 is 0 Å². The Bertz CT molecular complexity index is 1400. The molecule has 1 unspecified atom stereocenters. The Morgan fingerprint density at radius 1 is 1.31 bits per heavy atom. The summed E-state index contributed by atoms with van der Waals surface area (Å²) in [6, 6.07) is 7.98. The van der Waals surface area contributed by atoms with Gasteiger partial charge in [0.2, 0.25) is 0 Å². The molecule has 4 aromatic rings. The molecular formula is C21H19N9O2. The van der Waals surface area contributed by atoms with Crippen LogP contribution in [0.3, 0.4) is 0 Å². The zero-order valence-electron chi connectivity index (χ0n) is 17.2. The van der Waals surface area contributed by atoms with Crippen molar-refractivity contribution in [2.75, 3.05) is 11.1 Å². The number of hydrogen-bond donors (Lipinski definition) is 4. The summed E-state index contributed by atoms with van der Waals surface area (Å²) in [4.78, 5) is 24.1. The normalized spacial score (nSPS) is 11.8. The van der Waals surface area contributed by atoms with Crippen LogP contribution in [0.5, 0.6) is 5.75 Å². The van der Waals surface area contributed by atoms with Crippen LogP contribution in [-0.2, 0) is 0 Å². The summed E-state index contributed by atoms with van der Waals surface area (Å²) in [5, 5.41) is 27.3. The van der Waals surface area contributed by atoms with Gasteiger partial charge < -0.3 is 21.9 Å². The minimum Gasteiger partial charge on any atom is -0.507 e. The minimum atomic E-state index is -0.725. The van der Waals surface area contributed by atoms with E-state index in [1.54, 1.807) is 16.8 Å². The molecule has 3 heterocycles. The largest absolute Gasteiger partial charge is 0.507 e. The predicted octanol–water partition coefficient (Wildman–Crippen LogP) is 1.93. The third-order valence-electron chi connectivity index (χ3n) is 4.99. The molecule has 0 radical (unpaired) electrons. The third-order valence-corrected chi connectivity index (χ3v) is 4.99. The number of nitrogens with zero attached hydrogens (tertiary/aromatic N) is 6. The summed E-state index contributed by atoms with van der Waals surface area (Å²) < 4.78 is 1.68. The monoisotopic (exact) mass is 429 g/mol. The molecule has 4 rings (SSSR count). The second-order valence-corrected chi connectivity index (χ2v) is 7.17. The summed E-state index contributed by atoms with van der Waals surface area (Å²) in [5.74, 6) is -0.219. The number of aromatic nitrogens is 5. The smallest absolute Gasteiger partial charge is 0.252 e. The van der Waals surface area contributed by atoms with Crippen molar-refractivity contribution in [3.8, 4) is 23.1 Å². The Hall–Kier alpha value is -4.72. The van der Waals surface area contributed by atoms with E-state index in [1.807, 2.05) is 26.0 Å². The van der Waals surface area contributed by atoms with Crippen LogP contribution in [0, 0.1) is 18.3 Å². The molecule has 160 valence electrons. The maximum absolute atomic E-state index is 11.5. The van der Waals surface area contributed by atoms with Crippen LogP contribution in [0.15, 0.2) is 36.8 Å². The maximum atomic E-state index is 11.5. The quantitative estimate of drug-likeness (QED) is 0.368. The highest BCUT2D eigenvalue weighted by molar-refractivity contribution is 5.96. The molecule has 32 heavy (non-hydrogen) atoms. The van der Waals surface area contributed by atoms with Gasteiger partial charge in [0.15, 0.2) is 5.82 Å². The molecule has 11 nitrogen and oxygen atoms in total. The summed E-state index contributed by atoms with van der Waals surface area (Å²) in [6.45, 7) is 3.73. The number of benzene rings is 1. The number of nitriles is 1. The Morgan fingerprint density at radius 3 is 2.78 bits per heavy atom. The number of nitrogen functional groups attached to an aromatic ring is 1. The van der Waals surface area contributed by atoms with Gasteiger partial charge in [-0.05, 0) is 37.6 Å². The topological polar surface area (TPSA) is 181 Å². The van der Waals surface area contributed by atoms with Crippen LogP contribution in [0.1, 0.15) is 40.3 Å². The summed E-state index contributed by atoms with van der Waals surface area (Å²) in [5.41, 5.74) is 14.0. The molecule has 0 saturated heterocycles. The SMILES string of the molecule is Cc1ccn2nc(C(C)Nc3ncnc(N)c3C#N)nc(-c3ccc(C(N)=O)c(O)c3)c12. The minimum absolute atomic E-state index is 0.0200. The molecule has 0 fully saturated rings. The first kappa shape index (κ1) is 20.5. The Balaban J connectivity index is 1.82. The predicted molar refractivity (Wildman–Crippen MR) is 117 cm³/mol. The number of nitrogens with one attached hydrogen (secondary N) is 1. The highest BCUT2D eigenvalue weighted by Gasteiger charge is 2.20. The molecule has 11 heteroatoms. The molecule has 0 bridgehead atoms. The number of rotatable bonds is 5. The Morgan fingerprint density at radius 2 is 2.09 bits per heavy atom. The van der Waals surface area contributed by atoms with Crippen molar-refractivity contribution < 1.29 is 9.90 Å². The van der Waals surface area contributed by atoms with Gasteiger partial charge in [-0.3, -0.25) is 4.79 Å². The Kier molecular flexibility index (Phi) is 5.04. The van der Waals surface area contributed by atoms with Crippen molar-refractivity contribution in [3.63, 3.8) is 0 Å². The lowest BCUT2D eigenvalue weighted by Crippen LogP contribution is -2.16. The lowest BCUT2D eigenvalue weighted by atomic mass is 10.1. The van der Waals surface area contributed by atoms with Crippen LogP contribution in [0.4, 0.5) is 11.6 Å². The van der Waals surface area contributed by atoms with Crippen molar-refractivity contribution in [1.82, 2.24) is 24.6 Å². The van der Waals surface area contributed by atoms with E-state index in [1.165, 1.54) is 18.5 Å². The third kappa shape index (κ3) is 3.50. The molecule has 3 aromatic heterocycles. The number of amides is 1. The molecule has 1 amide bonds. The molecule has 0 saturated carbocycles. The standard InChI is InChI=1S/C21H19N9O2/c1-10-5-6-30-17(10)16(12-3-4-13(19(24)32)15(31)7-12)28-20(29-30)11(2)27-21-14(8-22)18(23)25-9-26-21/h3-7,9,11,31H,1-2H3,(H2,24,32)(H3,23,25,26,27). The molecule has 6 N–H and O–H groups in total. The Labute approximate surface area is 182 Å². The van der Waals surface area contributed by atoms with Crippen molar-refractivity contribution in [2.24, 2.45) is 5.73 Å². The van der Waals surface area contributed by atoms with Crippen molar-refractivity contribution in [3.05, 3.63) is 59.3 Å². The van der Waals surface area contributed by atoms with Gasteiger partial charge in [-0.15, -0.1) is 0 Å². The first-order chi connectivity index (χ1) is 15.3. The number of hydrogen-bond acceptors (Lipinski definition) is 9. The van der Waals surface area contributed by atoms with Crippen molar-refractivity contribution in [2.45, 2.75) is 19.9 Å². The molecule has 0 aliphatic rings. The number of nitrogens with two attached hydrogens (primary N) is 2. The number of anilines is 2. The van der Waals surface area contributed by atoms with Gasteiger partial charge in [0.25, 0.3) is 5.91 Å². The highest BCUT2D eigenvalue weighted by Crippen LogP contribution is 2.31. The molecule has 1 atom stereocenters. The second kappa shape index (κ2) is 7.84. The van der Waals surface area contributed by atoms with Gasteiger partial charge in [0.05, 0.1) is 22.8 Å². The number of primary amides is 1. The first-order valence-corrected chi connectivity index (χ1v) is 9.56. The second-order valence-electron chi connectivity index (χ2n) is 7.17. The fourth-order valence-corrected chi connectivity index (χ4v) is 3.36. The fraction of sp³-hybridized carbons (Fsp3) is 0.143. The number of aromatic hydroxyl groups is 1. The van der Waals surface area contributed by atoms with Crippen LogP contribution in [-0.4, -0.2) is 35.6 Å². The van der Waals surface area contributed by atoms with Crippen LogP contribution in [0.25, 0.3) is 16.8 Å². The van der Waals surface area contributed by atoms with Gasteiger partial charge in [-0.2, -0.15) is 10.4 Å². The van der Waals surface area contributed by atoms with Gasteiger partial charge in [0, 0.05) is 11.8 Å². The summed E-state index contributed by atoms with van der Waals surface area (Å²) in [7, 11) is 0. The van der Waals surface area contributed by atoms with E-state index in [9.17, 15) is 15.2 Å². The molecular weight excluding hydrogens is 410 g/mol. The average molecular weight is 429 g/mol. The number of phenols is 1. The number of aryl methyl sites for hydroxylation is 1. The van der Waals surface area contributed by atoms with E-state index in [2.05, 4.69) is 20.4 Å². The molecule has 0 aliphatic carbocycles. The van der Waals surface area contributed by atoms with Gasteiger partial charge in [0.1, 0.15) is 35.3 Å². The van der Waals surface area contributed by atoms with Crippen LogP contribution < -0.4 is 16.8 Å².